The maximum Gasteiger partial charge on any atom is 0.307 e. The van der Waals surface area contributed by atoms with Crippen molar-refractivity contribution in [2.24, 2.45) is 23.7 Å². The zero-order chi connectivity index (χ0) is 15.1. The van der Waals surface area contributed by atoms with E-state index in [1.807, 2.05) is 12.2 Å². The fourth-order valence-corrected chi connectivity index (χ4v) is 3.34. The van der Waals surface area contributed by atoms with Crippen molar-refractivity contribution in [1.29, 1.82) is 0 Å². The van der Waals surface area contributed by atoms with Crippen molar-refractivity contribution < 1.29 is 24.2 Å². The molecule has 1 fully saturated rings. The molecule has 4 unspecified atom stereocenters. The lowest BCUT2D eigenvalue weighted by Gasteiger charge is -2.24. The molecule has 2 aliphatic carbocycles. The van der Waals surface area contributed by atoms with Crippen LogP contribution in [0.4, 0.5) is 10.1 Å². The van der Waals surface area contributed by atoms with Crippen molar-refractivity contribution in [2.75, 3.05) is 5.32 Å². The highest BCUT2D eigenvalue weighted by Gasteiger charge is 2.51. The number of carbonyl (C=O) groups excluding carboxylic acids is 1. The Morgan fingerprint density at radius 1 is 1.19 bits per heavy atom. The van der Waals surface area contributed by atoms with Crippen LogP contribution >= 0.6 is 0 Å². The zero-order valence-corrected chi connectivity index (χ0v) is 11.0. The molecule has 21 heavy (non-hydrogen) atoms. The molecular formula is C15H14FNO4. The number of benzene rings is 1. The highest BCUT2D eigenvalue weighted by Crippen LogP contribution is 2.48. The summed E-state index contributed by atoms with van der Waals surface area (Å²) in [4.78, 5) is 23.7. The Morgan fingerprint density at radius 3 is 2.52 bits per heavy atom. The number of rotatable bonds is 3. The van der Waals surface area contributed by atoms with Crippen molar-refractivity contribution in [3.05, 3.63) is 36.2 Å². The molecular weight excluding hydrogens is 277 g/mol. The third kappa shape index (κ3) is 2.26. The molecule has 1 amide bonds. The maximum absolute atomic E-state index is 13.2. The van der Waals surface area contributed by atoms with Crippen LogP contribution in [0, 0.1) is 29.5 Å². The summed E-state index contributed by atoms with van der Waals surface area (Å²) in [6, 6.07) is 3.22. The molecule has 2 bridgehead atoms. The van der Waals surface area contributed by atoms with E-state index in [1.165, 1.54) is 0 Å². The molecule has 0 aliphatic heterocycles. The van der Waals surface area contributed by atoms with Gasteiger partial charge in [0, 0.05) is 6.07 Å². The second-order valence-corrected chi connectivity index (χ2v) is 5.49. The fraction of sp³-hybridized carbons (Fsp3) is 0.333. The molecule has 0 radical (unpaired) electrons. The number of phenols is 1. The topological polar surface area (TPSA) is 86.6 Å². The smallest absolute Gasteiger partial charge is 0.307 e. The normalized spacial score (nSPS) is 29.6. The Balaban J connectivity index is 1.83. The Labute approximate surface area is 120 Å². The molecule has 3 rings (SSSR count). The van der Waals surface area contributed by atoms with Crippen molar-refractivity contribution in [1.82, 2.24) is 0 Å². The molecule has 1 aromatic rings. The van der Waals surface area contributed by atoms with E-state index in [1.54, 1.807) is 0 Å². The number of hydrogen-bond acceptors (Lipinski definition) is 3. The number of halogens is 1. The number of carboxylic acids is 1. The van der Waals surface area contributed by atoms with Crippen molar-refractivity contribution >= 4 is 17.6 Å². The summed E-state index contributed by atoms with van der Waals surface area (Å²) in [5.74, 6) is -4.07. The van der Waals surface area contributed by atoms with Crippen LogP contribution in [0.25, 0.3) is 0 Å². The van der Waals surface area contributed by atoms with E-state index < -0.39 is 29.5 Å². The number of amides is 1. The Hall–Kier alpha value is -2.37. The lowest BCUT2D eigenvalue weighted by Crippen LogP contribution is -2.36. The van der Waals surface area contributed by atoms with Gasteiger partial charge >= 0.3 is 5.97 Å². The second-order valence-electron chi connectivity index (χ2n) is 5.49. The van der Waals surface area contributed by atoms with Crippen LogP contribution in [0.15, 0.2) is 30.4 Å². The lowest BCUT2D eigenvalue weighted by molar-refractivity contribution is -0.146. The first-order valence-electron chi connectivity index (χ1n) is 6.68. The standard InChI is InChI=1S/C15H14FNO4/c16-9-3-4-11(18)10(6-9)17-14(19)12-7-1-2-8(5-7)13(12)15(20)21/h1-4,6-8,12-13,18H,5H2,(H,17,19)(H,20,21). The first kappa shape index (κ1) is 13.6. The molecule has 2 aliphatic rings. The largest absolute Gasteiger partial charge is 0.506 e. The van der Waals surface area contributed by atoms with Crippen molar-refractivity contribution in [2.45, 2.75) is 6.42 Å². The van der Waals surface area contributed by atoms with Gasteiger partial charge in [0.25, 0.3) is 0 Å². The Morgan fingerprint density at radius 2 is 1.86 bits per heavy atom. The van der Waals surface area contributed by atoms with Gasteiger partial charge in [-0.2, -0.15) is 0 Å². The van der Waals surface area contributed by atoms with Crippen LogP contribution in [0.3, 0.4) is 0 Å². The van der Waals surface area contributed by atoms with Crippen LogP contribution in [0.5, 0.6) is 5.75 Å². The summed E-state index contributed by atoms with van der Waals surface area (Å²) in [6.45, 7) is 0. The average Bonchev–Trinajstić information content (AvgIpc) is 3.03. The summed E-state index contributed by atoms with van der Waals surface area (Å²) >= 11 is 0. The predicted octanol–water partition coefficient (Wildman–Crippen LogP) is 1.99. The fourth-order valence-electron chi connectivity index (χ4n) is 3.34. The van der Waals surface area contributed by atoms with Gasteiger partial charge in [0.05, 0.1) is 17.5 Å². The lowest BCUT2D eigenvalue weighted by atomic mass is 9.82. The van der Waals surface area contributed by atoms with Gasteiger partial charge in [-0.1, -0.05) is 12.2 Å². The van der Waals surface area contributed by atoms with Gasteiger partial charge in [0.2, 0.25) is 5.91 Å². The maximum atomic E-state index is 13.2. The number of carbonyl (C=O) groups is 2. The molecule has 0 saturated heterocycles. The average molecular weight is 291 g/mol. The van der Waals surface area contributed by atoms with Crippen molar-refractivity contribution in [3.8, 4) is 5.75 Å². The molecule has 110 valence electrons. The minimum atomic E-state index is -1.00. The van der Waals surface area contributed by atoms with Crippen LogP contribution in [0.2, 0.25) is 0 Å². The molecule has 0 spiro atoms. The van der Waals surface area contributed by atoms with E-state index in [9.17, 15) is 24.2 Å². The van der Waals surface area contributed by atoms with Crippen LogP contribution < -0.4 is 5.32 Å². The van der Waals surface area contributed by atoms with E-state index in [0.717, 1.165) is 18.2 Å². The van der Waals surface area contributed by atoms with Gasteiger partial charge in [-0.25, -0.2) is 4.39 Å². The number of allylic oxidation sites excluding steroid dienone is 2. The molecule has 1 aromatic carbocycles. The van der Waals surface area contributed by atoms with E-state index in [0.29, 0.717) is 6.42 Å². The van der Waals surface area contributed by atoms with E-state index in [-0.39, 0.29) is 23.3 Å². The predicted molar refractivity (Wildman–Crippen MR) is 72.0 cm³/mol. The quantitative estimate of drug-likeness (QED) is 0.587. The number of phenolic OH excluding ortho intramolecular Hbond substituents is 1. The van der Waals surface area contributed by atoms with Crippen LogP contribution in [-0.2, 0) is 9.59 Å². The summed E-state index contributed by atoms with van der Waals surface area (Å²) in [6.07, 6.45) is 4.34. The number of anilines is 1. The highest BCUT2D eigenvalue weighted by molar-refractivity contribution is 5.97. The summed E-state index contributed by atoms with van der Waals surface area (Å²) < 4.78 is 13.2. The molecule has 5 nitrogen and oxygen atoms in total. The molecule has 4 atom stereocenters. The Bertz CT molecular complexity index is 643. The number of hydrogen-bond donors (Lipinski definition) is 3. The first-order valence-corrected chi connectivity index (χ1v) is 6.68. The van der Waals surface area contributed by atoms with Gasteiger partial charge in [0.15, 0.2) is 0 Å². The number of nitrogens with one attached hydrogen (secondary N) is 1. The number of aromatic hydroxyl groups is 1. The monoisotopic (exact) mass is 291 g/mol. The minimum Gasteiger partial charge on any atom is -0.506 e. The van der Waals surface area contributed by atoms with Crippen LogP contribution in [0.1, 0.15) is 6.42 Å². The van der Waals surface area contributed by atoms with Crippen LogP contribution in [-0.4, -0.2) is 22.1 Å². The summed E-state index contributed by atoms with van der Waals surface area (Å²) in [5.41, 5.74) is -0.0455. The SMILES string of the molecule is O=C(O)C1C2C=CC(C2)C1C(=O)Nc1cc(F)ccc1O. The van der Waals surface area contributed by atoms with Gasteiger partial charge in [-0.3, -0.25) is 9.59 Å². The highest BCUT2D eigenvalue weighted by atomic mass is 19.1. The van der Waals surface area contributed by atoms with E-state index in [4.69, 9.17) is 0 Å². The Kier molecular flexibility index (Phi) is 3.16. The molecule has 3 N–H and O–H groups in total. The van der Waals surface area contributed by atoms with E-state index in [2.05, 4.69) is 5.32 Å². The minimum absolute atomic E-state index is 0.0455. The molecule has 0 aromatic heterocycles. The second kappa shape index (κ2) is 4.87. The molecule has 0 heterocycles. The van der Waals surface area contributed by atoms with E-state index >= 15 is 0 Å². The van der Waals surface area contributed by atoms with Gasteiger partial charge in [0.1, 0.15) is 11.6 Å². The number of fused-ring (bicyclic) bond motifs is 2. The van der Waals surface area contributed by atoms with Gasteiger partial charge in [-0.15, -0.1) is 0 Å². The summed E-state index contributed by atoms with van der Waals surface area (Å²) in [5, 5.41) is 21.4. The third-order valence-electron chi connectivity index (χ3n) is 4.26. The van der Waals surface area contributed by atoms with Crippen molar-refractivity contribution in [3.63, 3.8) is 0 Å². The van der Waals surface area contributed by atoms with Gasteiger partial charge < -0.3 is 15.5 Å². The number of carboxylic acid groups (broad SMARTS) is 1. The number of aliphatic carboxylic acids is 1. The first-order chi connectivity index (χ1) is 9.97. The zero-order valence-electron chi connectivity index (χ0n) is 11.0. The third-order valence-corrected chi connectivity index (χ3v) is 4.26. The van der Waals surface area contributed by atoms with Gasteiger partial charge in [-0.05, 0) is 30.4 Å². The summed E-state index contributed by atoms with van der Waals surface area (Å²) in [7, 11) is 0. The molecule has 6 heteroatoms. The molecule has 1 saturated carbocycles.